The minimum Gasteiger partial charge on any atom is -0.489 e. The molecule has 5 heteroatoms. The number of aliphatic hydroxyl groups is 1. The zero-order valence-electron chi connectivity index (χ0n) is 8.68. The molecule has 0 aromatic heterocycles. The lowest BCUT2D eigenvalue weighted by Crippen LogP contribution is -2.01. The Morgan fingerprint density at radius 1 is 1.19 bits per heavy atom. The van der Waals surface area contributed by atoms with Crippen molar-refractivity contribution in [1.29, 1.82) is 0 Å². The second-order valence-corrected chi connectivity index (χ2v) is 4.19. The van der Waals surface area contributed by atoms with Gasteiger partial charge in [0, 0.05) is 12.7 Å². The Hall–Kier alpha value is -0.680. The third-order valence-electron chi connectivity index (χ3n) is 2.01. The van der Waals surface area contributed by atoms with Crippen LogP contribution in [-0.2, 0) is 0 Å². The van der Waals surface area contributed by atoms with E-state index in [2.05, 4.69) is 15.9 Å². The summed E-state index contributed by atoms with van der Waals surface area (Å²) in [5.74, 6) is -1.32. The molecule has 1 N–H and O–H groups in total. The van der Waals surface area contributed by atoms with E-state index in [1.807, 2.05) is 0 Å². The molecule has 16 heavy (non-hydrogen) atoms. The van der Waals surface area contributed by atoms with Gasteiger partial charge in [0.2, 0.25) is 0 Å². The molecule has 0 amide bonds. The summed E-state index contributed by atoms with van der Waals surface area (Å²) in [4.78, 5) is 0. The molecular weight excluding hydrogens is 282 g/mol. The first kappa shape index (κ1) is 13.4. The lowest BCUT2D eigenvalue weighted by Gasteiger charge is -2.09. The van der Waals surface area contributed by atoms with E-state index in [1.165, 1.54) is 0 Å². The average molecular weight is 295 g/mol. The minimum atomic E-state index is -0.714. The maximum atomic E-state index is 13.3. The largest absolute Gasteiger partial charge is 0.489 e. The predicted octanol–water partition coefficient (Wildman–Crippen LogP) is 3.27. The van der Waals surface area contributed by atoms with Crippen molar-refractivity contribution >= 4 is 15.9 Å². The topological polar surface area (TPSA) is 29.5 Å². The Bertz CT molecular complexity index is 322. The van der Waals surface area contributed by atoms with E-state index >= 15 is 0 Å². The molecule has 0 saturated heterocycles. The number of ether oxygens (including phenoxy) is 1. The van der Waals surface area contributed by atoms with E-state index in [-0.39, 0.29) is 16.8 Å². The molecular formula is C11H13BrF2O2. The third-order valence-corrected chi connectivity index (χ3v) is 2.60. The number of halogens is 3. The highest BCUT2D eigenvalue weighted by Crippen LogP contribution is 2.29. The molecule has 0 heterocycles. The fraction of sp³-hybridized carbons (Fsp3) is 0.455. The first-order chi connectivity index (χ1) is 7.65. The molecule has 0 bridgehead atoms. The zero-order chi connectivity index (χ0) is 12.0. The summed E-state index contributed by atoms with van der Waals surface area (Å²) in [7, 11) is 0. The fourth-order valence-corrected chi connectivity index (χ4v) is 1.75. The van der Waals surface area contributed by atoms with Gasteiger partial charge in [0.15, 0.2) is 11.6 Å². The molecule has 2 nitrogen and oxygen atoms in total. The monoisotopic (exact) mass is 294 g/mol. The van der Waals surface area contributed by atoms with Crippen molar-refractivity contribution in [3.05, 3.63) is 28.2 Å². The number of unbranched alkanes of at least 4 members (excludes halogenated alkanes) is 2. The summed E-state index contributed by atoms with van der Waals surface area (Å²) >= 11 is 3.04. The maximum absolute atomic E-state index is 13.3. The first-order valence-electron chi connectivity index (χ1n) is 5.03. The minimum absolute atomic E-state index is 0.0328. The van der Waals surface area contributed by atoms with Crippen LogP contribution in [0.15, 0.2) is 16.6 Å². The maximum Gasteiger partial charge on any atom is 0.169 e. The summed E-state index contributed by atoms with van der Waals surface area (Å²) < 4.78 is 31.5. The molecule has 0 aliphatic heterocycles. The standard InChI is InChI=1S/C11H13BrF2O2/c12-9-6-8(13)7-10(14)11(9)16-5-3-1-2-4-15/h6-7,15H,1-5H2. The molecule has 0 atom stereocenters. The molecule has 0 aliphatic rings. The van der Waals surface area contributed by atoms with Gasteiger partial charge in [-0.1, -0.05) is 0 Å². The fourth-order valence-electron chi connectivity index (χ4n) is 1.23. The normalized spacial score (nSPS) is 10.5. The van der Waals surface area contributed by atoms with Gasteiger partial charge in [0.05, 0.1) is 11.1 Å². The van der Waals surface area contributed by atoms with Gasteiger partial charge in [0.1, 0.15) is 5.82 Å². The van der Waals surface area contributed by atoms with Crippen LogP contribution in [-0.4, -0.2) is 18.3 Å². The Morgan fingerprint density at radius 2 is 1.94 bits per heavy atom. The molecule has 1 aromatic carbocycles. The van der Waals surface area contributed by atoms with Crippen LogP contribution in [0.25, 0.3) is 0 Å². The van der Waals surface area contributed by atoms with E-state index in [1.54, 1.807) is 0 Å². The van der Waals surface area contributed by atoms with Crippen LogP contribution in [0.1, 0.15) is 19.3 Å². The predicted molar refractivity (Wildman–Crippen MR) is 60.5 cm³/mol. The van der Waals surface area contributed by atoms with Gasteiger partial charge in [-0.05, 0) is 41.3 Å². The number of aliphatic hydroxyl groups excluding tert-OH is 1. The number of hydrogen-bond acceptors (Lipinski definition) is 2. The highest BCUT2D eigenvalue weighted by molar-refractivity contribution is 9.10. The van der Waals surface area contributed by atoms with Gasteiger partial charge in [-0.15, -0.1) is 0 Å². The molecule has 0 saturated carbocycles. The van der Waals surface area contributed by atoms with Gasteiger partial charge >= 0.3 is 0 Å². The van der Waals surface area contributed by atoms with Crippen molar-refractivity contribution in [2.75, 3.05) is 13.2 Å². The molecule has 0 spiro atoms. The quantitative estimate of drug-likeness (QED) is 0.816. The third kappa shape index (κ3) is 4.06. The summed E-state index contributed by atoms with van der Waals surface area (Å²) in [5, 5.41) is 8.55. The molecule has 0 radical (unpaired) electrons. The zero-order valence-corrected chi connectivity index (χ0v) is 10.3. The molecule has 1 rings (SSSR count). The first-order valence-corrected chi connectivity index (χ1v) is 5.82. The molecule has 0 fully saturated rings. The van der Waals surface area contributed by atoms with Crippen molar-refractivity contribution in [3.63, 3.8) is 0 Å². The van der Waals surface area contributed by atoms with Crippen LogP contribution in [0.4, 0.5) is 8.78 Å². The Balaban J connectivity index is 2.47. The van der Waals surface area contributed by atoms with Crippen molar-refractivity contribution in [1.82, 2.24) is 0 Å². The number of rotatable bonds is 6. The van der Waals surface area contributed by atoms with Gasteiger partial charge in [-0.25, -0.2) is 8.78 Å². The van der Waals surface area contributed by atoms with Crippen LogP contribution in [0.3, 0.4) is 0 Å². The Labute approximate surface area is 101 Å². The van der Waals surface area contributed by atoms with Gasteiger partial charge < -0.3 is 9.84 Å². The highest BCUT2D eigenvalue weighted by Gasteiger charge is 2.10. The van der Waals surface area contributed by atoms with E-state index in [0.717, 1.165) is 25.0 Å². The van der Waals surface area contributed by atoms with Crippen LogP contribution in [0.2, 0.25) is 0 Å². The summed E-state index contributed by atoms with van der Waals surface area (Å²) in [6.45, 7) is 0.496. The van der Waals surface area contributed by atoms with Crippen molar-refractivity contribution in [2.24, 2.45) is 0 Å². The summed E-state index contributed by atoms with van der Waals surface area (Å²) in [6.07, 6.45) is 2.25. The van der Waals surface area contributed by atoms with Crippen molar-refractivity contribution < 1.29 is 18.6 Å². The van der Waals surface area contributed by atoms with Crippen LogP contribution >= 0.6 is 15.9 Å². The molecule has 1 aromatic rings. The molecule has 90 valence electrons. The highest BCUT2D eigenvalue weighted by atomic mass is 79.9. The van der Waals surface area contributed by atoms with Gasteiger partial charge in [-0.2, -0.15) is 0 Å². The smallest absolute Gasteiger partial charge is 0.169 e. The molecule has 0 aliphatic carbocycles. The molecule has 0 unspecified atom stereocenters. The van der Waals surface area contributed by atoms with Crippen LogP contribution in [0, 0.1) is 11.6 Å². The van der Waals surface area contributed by atoms with E-state index in [9.17, 15) is 8.78 Å². The van der Waals surface area contributed by atoms with E-state index < -0.39 is 11.6 Å². The average Bonchev–Trinajstić information content (AvgIpc) is 2.20. The van der Waals surface area contributed by atoms with Crippen LogP contribution in [0.5, 0.6) is 5.75 Å². The van der Waals surface area contributed by atoms with E-state index in [4.69, 9.17) is 9.84 Å². The van der Waals surface area contributed by atoms with Crippen molar-refractivity contribution in [2.45, 2.75) is 19.3 Å². The summed E-state index contributed by atoms with van der Waals surface area (Å²) in [5.41, 5.74) is 0. The number of hydrogen-bond donors (Lipinski definition) is 1. The van der Waals surface area contributed by atoms with E-state index in [0.29, 0.717) is 13.0 Å². The van der Waals surface area contributed by atoms with Gasteiger partial charge in [-0.3, -0.25) is 0 Å². The van der Waals surface area contributed by atoms with Crippen molar-refractivity contribution in [3.8, 4) is 5.75 Å². The lowest BCUT2D eigenvalue weighted by atomic mass is 10.2. The second-order valence-electron chi connectivity index (χ2n) is 3.33. The second kappa shape index (κ2) is 6.81. The number of benzene rings is 1. The Morgan fingerprint density at radius 3 is 2.56 bits per heavy atom. The lowest BCUT2D eigenvalue weighted by molar-refractivity contribution is 0.260. The Kier molecular flexibility index (Phi) is 5.69. The van der Waals surface area contributed by atoms with Gasteiger partial charge in [0.25, 0.3) is 0 Å². The SMILES string of the molecule is OCCCCCOc1c(F)cc(F)cc1Br. The summed E-state index contributed by atoms with van der Waals surface area (Å²) in [6, 6.07) is 1.94. The van der Waals surface area contributed by atoms with Crippen LogP contribution < -0.4 is 4.74 Å².